The summed E-state index contributed by atoms with van der Waals surface area (Å²) in [5, 5.41) is 0. The molecule has 3 rings (SSSR count). The Balaban J connectivity index is 2.21. The van der Waals surface area contributed by atoms with Crippen LogP contribution in [0.5, 0.6) is 11.5 Å². The number of ether oxygens (including phenoxy) is 2. The van der Waals surface area contributed by atoms with Gasteiger partial charge in [-0.1, -0.05) is 12.2 Å². The lowest BCUT2D eigenvalue weighted by atomic mass is 9.86. The molecule has 116 valence electrons. The molecule has 0 unspecified atom stereocenters. The van der Waals surface area contributed by atoms with Gasteiger partial charge in [-0.15, -0.1) is 0 Å². The minimum Gasteiger partial charge on any atom is -0.495 e. The van der Waals surface area contributed by atoms with Crippen LogP contribution in [0.2, 0.25) is 0 Å². The molecule has 0 aromatic heterocycles. The normalized spacial score (nSPS) is 19.7. The predicted molar refractivity (Wildman–Crippen MR) is 83.2 cm³/mol. The van der Waals surface area contributed by atoms with Crippen LogP contribution in [0.4, 0.5) is 0 Å². The summed E-state index contributed by atoms with van der Waals surface area (Å²) in [5.41, 5.74) is 1.24. The van der Waals surface area contributed by atoms with Gasteiger partial charge in [0.25, 0.3) is 0 Å². The van der Waals surface area contributed by atoms with E-state index in [2.05, 4.69) is 12.2 Å². The Kier molecular flexibility index (Phi) is 3.55. The molecular formula is C18H20O4. The second-order valence-corrected chi connectivity index (χ2v) is 6.51. The molecule has 1 heterocycles. The number of Topliss-reactive ketones (excluding diaryl/α,β-unsaturated/α-hetero) is 1. The fourth-order valence-electron chi connectivity index (χ4n) is 3.36. The van der Waals surface area contributed by atoms with Crippen molar-refractivity contribution in [2.75, 3.05) is 7.11 Å². The van der Waals surface area contributed by atoms with Gasteiger partial charge in [0, 0.05) is 0 Å². The van der Waals surface area contributed by atoms with Gasteiger partial charge in [0.05, 0.1) is 19.1 Å². The van der Waals surface area contributed by atoms with E-state index in [1.165, 1.54) is 7.11 Å². The first-order valence-corrected chi connectivity index (χ1v) is 7.54. The molecule has 0 N–H and O–H groups in total. The summed E-state index contributed by atoms with van der Waals surface area (Å²) in [5.74, 6) is 1.09. The van der Waals surface area contributed by atoms with Crippen LogP contribution in [0.3, 0.4) is 0 Å². The van der Waals surface area contributed by atoms with Crippen LogP contribution >= 0.6 is 0 Å². The highest BCUT2D eigenvalue weighted by atomic mass is 16.5. The summed E-state index contributed by atoms with van der Waals surface area (Å²) in [6.07, 6.45) is 7.07. The number of hydrogen-bond donors (Lipinski definition) is 0. The zero-order chi connectivity index (χ0) is 15.9. The van der Waals surface area contributed by atoms with Crippen molar-refractivity contribution in [3.05, 3.63) is 34.9 Å². The highest BCUT2D eigenvalue weighted by Gasteiger charge is 2.37. The van der Waals surface area contributed by atoms with Crippen LogP contribution in [-0.2, 0) is 0 Å². The maximum absolute atomic E-state index is 12.5. The summed E-state index contributed by atoms with van der Waals surface area (Å²) >= 11 is 0. The lowest BCUT2D eigenvalue weighted by Crippen LogP contribution is -2.36. The Bertz CT molecular complexity index is 662. The average Bonchev–Trinajstić information content (AvgIpc) is 2.97. The minimum absolute atomic E-state index is 0.0395. The van der Waals surface area contributed by atoms with Gasteiger partial charge in [-0.05, 0) is 44.2 Å². The summed E-state index contributed by atoms with van der Waals surface area (Å²) < 4.78 is 11.4. The van der Waals surface area contributed by atoms with Gasteiger partial charge in [0.2, 0.25) is 0 Å². The molecule has 0 bridgehead atoms. The molecule has 4 nitrogen and oxygen atoms in total. The number of benzene rings is 1. The topological polar surface area (TPSA) is 52.6 Å². The van der Waals surface area contributed by atoms with Crippen molar-refractivity contribution >= 4 is 12.1 Å². The molecule has 0 amide bonds. The van der Waals surface area contributed by atoms with Gasteiger partial charge in [0.1, 0.15) is 22.7 Å². The van der Waals surface area contributed by atoms with Crippen LogP contribution in [0, 0.1) is 0 Å². The summed E-state index contributed by atoms with van der Waals surface area (Å²) in [4.78, 5) is 24.1. The van der Waals surface area contributed by atoms with Gasteiger partial charge < -0.3 is 9.47 Å². The summed E-state index contributed by atoms with van der Waals surface area (Å²) in [7, 11) is 1.49. The first-order chi connectivity index (χ1) is 10.5. The molecule has 4 heteroatoms. The largest absolute Gasteiger partial charge is 0.495 e. The van der Waals surface area contributed by atoms with E-state index in [1.54, 1.807) is 0 Å². The van der Waals surface area contributed by atoms with Crippen LogP contribution in [0.15, 0.2) is 18.2 Å². The lowest BCUT2D eigenvalue weighted by molar-refractivity contribution is 0.0613. The highest BCUT2D eigenvalue weighted by Crippen LogP contribution is 2.45. The second-order valence-electron chi connectivity index (χ2n) is 6.51. The molecule has 0 spiro atoms. The fraction of sp³-hybridized carbons (Fsp3) is 0.444. The van der Waals surface area contributed by atoms with Crippen molar-refractivity contribution in [3.8, 4) is 11.5 Å². The van der Waals surface area contributed by atoms with E-state index in [0.717, 1.165) is 24.7 Å². The van der Waals surface area contributed by atoms with Crippen molar-refractivity contribution in [2.45, 2.75) is 44.6 Å². The number of methoxy groups -OCH3 is 1. The van der Waals surface area contributed by atoms with Gasteiger partial charge in [0.15, 0.2) is 12.1 Å². The van der Waals surface area contributed by atoms with E-state index in [0.29, 0.717) is 22.6 Å². The van der Waals surface area contributed by atoms with E-state index < -0.39 is 5.60 Å². The molecule has 1 aromatic carbocycles. The molecule has 0 saturated heterocycles. The van der Waals surface area contributed by atoms with Crippen molar-refractivity contribution in [2.24, 2.45) is 0 Å². The number of hydrogen-bond acceptors (Lipinski definition) is 4. The van der Waals surface area contributed by atoms with Crippen LogP contribution in [-0.4, -0.2) is 24.8 Å². The average molecular weight is 300 g/mol. The SMILES string of the molecule is COc1c(C=O)c(C2CC=CC2)cc2c1C(=O)CC(C)(C)O2. The number of rotatable bonds is 3. The number of aldehydes is 1. The van der Waals surface area contributed by atoms with Crippen LogP contribution < -0.4 is 9.47 Å². The van der Waals surface area contributed by atoms with E-state index in [-0.39, 0.29) is 18.1 Å². The van der Waals surface area contributed by atoms with Crippen molar-refractivity contribution < 1.29 is 19.1 Å². The van der Waals surface area contributed by atoms with Gasteiger partial charge in [-0.2, -0.15) is 0 Å². The number of carbonyl (C=O) groups excluding carboxylic acids is 2. The Hall–Kier alpha value is -2.10. The molecule has 0 radical (unpaired) electrons. The standard InChI is InChI=1S/C18H20O4/c1-18(2)9-14(20)16-15(22-18)8-12(11-6-4-5-7-11)13(10-19)17(16)21-3/h4-5,8,10-11H,6-7,9H2,1-3H3. The first-order valence-electron chi connectivity index (χ1n) is 7.54. The fourth-order valence-corrected chi connectivity index (χ4v) is 3.36. The van der Waals surface area contributed by atoms with E-state index in [1.807, 2.05) is 19.9 Å². The molecule has 0 saturated carbocycles. The van der Waals surface area contributed by atoms with Crippen molar-refractivity contribution in [3.63, 3.8) is 0 Å². The first kappa shape index (κ1) is 14.8. The third kappa shape index (κ3) is 2.32. The minimum atomic E-state index is -0.539. The zero-order valence-electron chi connectivity index (χ0n) is 13.1. The van der Waals surface area contributed by atoms with E-state index in [4.69, 9.17) is 9.47 Å². The third-order valence-corrected chi connectivity index (χ3v) is 4.34. The highest BCUT2D eigenvalue weighted by molar-refractivity contribution is 6.05. The number of allylic oxidation sites excluding steroid dienone is 2. The molecule has 1 aliphatic carbocycles. The molecule has 0 atom stereocenters. The third-order valence-electron chi connectivity index (χ3n) is 4.34. The second kappa shape index (κ2) is 5.27. The van der Waals surface area contributed by atoms with Crippen molar-refractivity contribution in [1.82, 2.24) is 0 Å². The maximum Gasteiger partial charge on any atom is 0.174 e. The number of carbonyl (C=O) groups is 2. The Morgan fingerprint density at radius 3 is 2.59 bits per heavy atom. The number of ketones is 1. The van der Waals surface area contributed by atoms with Gasteiger partial charge >= 0.3 is 0 Å². The van der Waals surface area contributed by atoms with Gasteiger partial charge in [-0.25, -0.2) is 0 Å². The maximum atomic E-state index is 12.5. The molecule has 0 fully saturated rings. The number of fused-ring (bicyclic) bond motifs is 1. The molecule has 2 aliphatic rings. The quantitative estimate of drug-likeness (QED) is 0.631. The Morgan fingerprint density at radius 1 is 1.32 bits per heavy atom. The molecule has 22 heavy (non-hydrogen) atoms. The Labute approximate surface area is 130 Å². The summed E-state index contributed by atoms with van der Waals surface area (Å²) in [6, 6.07) is 1.86. The monoisotopic (exact) mass is 300 g/mol. The van der Waals surface area contributed by atoms with Gasteiger partial charge in [-0.3, -0.25) is 9.59 Å². The predicted octanol–water partition coefficient (Wildman–Crippen LogP) is 3.69. The van der Waals surface area contributed by atoms with Crippen LogP contribution in [0.1, 0.15) is 65.3 Å². The van der Waals surface area contributed by atoms with Crippen LogP contribution in [0.25, 0.3) is 0 Å². The smallest absolute Gasteiger partial charge is 0.174 e. The zero-order valence-corrected chi connectivity index (χ0v) is 13.1. The van der Waals surface area contributed by atoms with E-state index in [9.17, 15) is 9.59 Å². The molecular weight excluding hydrogens is 280 g/mol. The van der Waals surface area contributed by atoms with E-state index >= 15 is 0 Å². The lowest BCUT2D eigenvalue weighted by Gasteiger charge is -2.33. The van der Waals surface area contributed by atoms with Crippen molar-refractivity contribution in [1.29, 1.82) is 0 Å². The molecule has 1 aromatic rings. The Morgan fingerprint density at radius 2 is 2.00 bits per heavy atom. The summed E-state index contributed by atoms with van der Waals surface area (Å²) in [6.45, 7) is 3.79. The molecule has 1 aliphatic heterocycles.